The summed E-state index contributed by atoms with van der Waals surface area (Å²) in [5.41, 5.74) is 4.47. The highest BCUT2D eigenvalue weighted by Gasteiger charge is 2.17. The maximum atomic E-state index is 12.6. The van der Waals surface area contributed by atoms with E-state index in [-0.39, 0.29) is 17.7 Å². The molecule has 3 aromatic rings. The van der Waals surface area contributed by atoms with Gasteiger partial charge in [0, 0.05) is 0 Å². The molecule has 0 saturated heterocycles. The van der Waals surface area contributed by atoms with Crippen LogP contribution in [0.2, 0.25) is 0 Å². The number of nitrogens with one attached hydrogen (secondary N) is 1. The Morgan fingerprint density at radius 3 is 2.39 bits per heavy atom. The summed E-state index contributed by atoms with van der Waals surface area (Å²) < 4.78 is 16.4. The first-order valence-corrected chi connectivity index (χ1v) is 10.3. The second kappa shape index (κ2) is 9.25. The van der Waals surface area contributed by atoms with Crippen molar-refractivity contribution in [2.75, 3.05) is 12.4 Å². The van der Waals surface area contributed by atoms with Gasteiger partial charge in [-0.2, -0.15) is 0 Å². The average molecular weight is 423 g/mol. The summed E-state index contributed by atoms with van der Waals surface area (Å²) in [5.74, 6) is 2.03. The number of nitrogens with zero attached hydrogens (tertiary/aromatic N) is 1. The SMILES string of the molecule is COc1ccc(C(C)(C)C)cc1NC(=O)Cc1ccc(OCc2c(C)noc2C)cc1. The molecule has 31 heavy (non-hydrogen) atoms. The monoisotopic (exact) mass is 422 g/mol. The lowest BCUT2D eigenvalue weighted by Gasteiger charge is -2.21. The molecule has 1 aromatic heterocycles. The second-order valence-corrected chi connectivity index (χ2v) is 8.63. The van der Waals surface area contributed by atoms with E-state index in [1.165, 1.54) is 0 Å². The fraction of sp³-hybridized carbons (Fsp3) is 0.360. The normalized spacial score (nSPS) is 11.3. The van der Waals surface area contributed by atoms with Crippen LogP contribution in [0.4, 0.5) is 5.69 Å². The number of aromatic nitrogens is 1. The van der Waals surface area contributed by atoms with E-state index >= 15 is 0 Å². The lowest BCUT2D eigenvalue weighted by molar-refractivity contribution is -0.115. The summed E-state index contributed by atoms with van der Waals surface area (Å²) in [4.78, 5) is 12.6. The van der Waals surface area contributed by atoms with E-state index in [1.807, 2.05) is 56.3 Å². The summed E-state index contributed by atoms with van der Waals surface area (Å²) in [6, 6.07) is 13.4. The minimum absolute atomic E-state index is 0.0226. The van der Waals surface area contributed by atoms with Crippen LogP contribution in [0.1, 0.15) is 48.9 Å². The van der Waals surface area contributed by atoms with Gasteiger partial charge in [-0.05, 0) is 54.7 Å². The summed E-state index contributed by atoms with van der Waals surface area (Å²) in [5, 5.41) is 6.91. The standard InChI is InChI=1S/C25H30N2O4/c1-16-21(17(2)31-27-16)15-30-20-10-7-18(8-11-20)13-24(28)26-22-14-19(25(3,4)5)9-12-23(22)29-6/h7-12,14H,13,15H2,1-6H3,(H,26,28). The molecule has 0 bridgehead atoms. The molecule has 6 heteroatoms. The maximum Gasteiger partial charge on any atom is 0.228 e. The van der Waals surface area contributed by atoms with Crippen molar-refractivity contribution < 1.29 is 18.8 Å². The summed E-state index contributed by atoms with van der Waals surface area (Å²) in [6.45, 7) is 10.6. The van der Waals surface area contributed by atoms with Gasteiger partial charge in [-0.25, -0.2) is 0 Å². The number of rotatable bonds is 7. The van der Waals surface area contributed by atoms with E-state index in [0.717, 1.165) is 33.9 Å². The number of methoxy groups -OCH3 is 1. The molecule has 1 heterocycles. The van der Waals surface area contributed by atoms with Crippen molar-refractivity contribution >= 4 is 11.6 Å². The number of hydrogen-bond acceptors (Lipinski definition) is 5. The first-order chi connectivity index (χ1) is 14.7. The predicted molar refractivity (Wildman–Crippen MR) is 121 cm³/mol. The van der Waals surface area contributed by atoms with Crippen molar-refractivity contribution in [2.45, 2.75) is 53.1 Å². The molecule has 164 valence electrons. The Morgan fingerprint density at radius 2 is 1.81 bits per heavy atom. The van der Waals surface area contributed by atoms with Crippen LogP contribution in [0.3, 0.4) is 0 Å². The number of amides is 1. The molecule has 0 aliphatic carbocycles. The molecule has 0 aliphatic rings. The first-order valence-electron chi connectivity index (χ1n) is 10.3. The number of ether oxygens (including phenoxy) is 2. The minimum Gasteiger partial charge on any atom is -0.495 e. The third-order valence-electron chi connectivity index (χ3n) is 5.19. The van der Waals surface area contributed by atoms with Crippen LogP contribution >= 0.6 is 0 Å². The van der Waals surface area contributed by atoms with Gasteiger partial charge in [0.15, 0.2) is 0 Å². The first kappa shape index (κ1) is 22.4. The molecular weight excluding hydrogens is 392 g/mol. The molecule has 1 amide bonds. The molecule has 0 radical (unpaired) electrons. The van der Waals surface area contributed by atoms with Crippen molar-refractivity contribution in [3.05, 3.63) is 70.6 Å². The molecule has 0 saturated carbocycles. The molecule has 0 fully saturated rings. The fourth-order valence-corrected chi connectivity index (χ4v) is 3.22. The zero-order valence-electron chi connectivity index (χ0n) is 19.0. The molecule has 6 nitrogen and oxygen atoms in total. The smallest absolute Gasteiger partial charge is 0.228 e. The molecule has 0 atom stereocenters. The van der Waals surface area contributed by atoms with E-state index in [4.69, 9.17) is 14.0 Å². The summed E-state index contributed by atoms with van der Waals surface area (Å²) in [7, 11) is 1.60. The van der Waals surface area contributed by atoms with Crippen molar-refractivity contribution in [3.8, 4) is 11.5 Å². The van der Waals surface area contributed by atoms with Gasteiger partial charge in [0.25, 0.3) is 0 Å². The minimum atomic E-state index is -0.103. The molecular formula is C25H30N2O4. The average Bonchev–Trinajstić information content (AvgIpc) is 3.04. The molecule has 0 unspecified atom stereocenters. The zero-order valence-corrected chi connectivity index (χ0v) is 19.0. The predicted octanol–water partition coefficient (Wildman–Crippen LogP) is 5.36. The van der Waals surface area contributed by atoms with Gasteiger partial charge in [0.2, 0.25) is 5.91 Å². The van der Waals surface area contributed by atoms with Crippen LogP contribution in [-0.2, 0) is 23.2 Å². The number of carbonyl (C=O) groups excluding carboxylic acids is 1. The molecule has 2 aromatic carbocycles. The number of carbonyl (C=O) groups is 1. The topological polar surface area (TPSA) is 73.6 Å². The second-order valence-electron chi connectivity index (χ2n) is 8.63. The lowest BCUT2D eigenvalue weighted by atomic mass is 9.87. The Bertz CT molecular complexity index is 1030. The van der Waals surface area contributed by atoms with Gasteiger partial charge in [0.05, 0.1) is 30.5 Å². The highest BCUT2D eigenvalue weighted by molar-refractivity contribution is 5.93. The Hall–Kier alpha value is -3.28. The fourth-order valence-electron chi connectivity index (χ4n) is 3.22. The van der Waals surface area contributed by atoms with E-state index < -0.39 is 0 Å². The van der Waals surface area contributed by atoms with Crippen LogP contribution in [0.5, 0.6) is 11.5 Å². The Morgan fingerprint density at radius 1 is 1.10 bits per heavy atom. The van der Waals surface area contributed by atoms with Crippen LogP contribution in [0.25, 0.3) is 0 Å². The Balaban J connectivity index is 1.62. The third-order valence-corrected chi connectivity index (χ3v) is 5.19. The van der Waals surface area contributed by atoms with Crippen LogP contribution in [-0.4, -0.2) is 18.2 Å². The zero-order chi connectivity index (χ0) is 22.6. The number of benzene rings is 2. The van der Waals surface area contributed by atoms with Crippen molar-refractivity contribution in [3.63, 3.8) is 0 Å². The largest absolute Gasteiger partial charge is 0.495 e. The Labute approximate surface area is 183 Å². The Kier molecular flexibility index (Phi) is 6.68. The van der Waals surface area contributed by atoms with Crippen LogP contribution in [0, 0.1) is 13.8 Å². The summed E-state index contributed by atoms with van der Waals surface area (Å²) in [6.07, 6.45) is 0.257. The summed E-state index contributed by atoms with van der Waals surface area (Å²) >= 11 is 0. The van der Waals surface area contributed by atoms with E-state index in [9.17, 15) is 4.79 Å². The van der Waals surface area contributed by atoms with Gasteiger partial charge in [-0.1, -0.05) is 44.1 Å². The van der Waals surface area contributed by atoms with Gasteiger partial charge in [-0.3, -0.25) is 4.79 Å². The number of aryl methyl sites for hydroxylation is 2. The highest BCUT2D eigenvalue weighted by atomic mass is 16.5. The molecule has 1 N–H and O–H groups in total. The van der Waals surface area contributed by atoms with E-state index in [2.05, 4.69) is 31.2 Å². The molecule has 3 rings (SSSR count). The third kappa shape index (κ3) is 5.66. The van der Waals surface area contributed by atoms with E-state index in [1.54, 1.807) is 7.11 Å². The van der Waals surface area contributed by atoms with Crippen LogP contribution in [0.15, 0.2) is 47.0 Å². The van der Waals surface area contributed by atoms with Crippen LogP contribution < -0.4 is 14.8 Å². The van der Waals surface area contributed by atoms with Crippen molar-refractivity contribution in [1.29, 1.82) is 0 Å². The van der Waals surface area contributed by atoms with Crippen molar-refractivity contribution in [2.24, 2.45) is 0 Å². The number of anilines is 1. The lowest BCUT2D eigenvalue weighted by Crippen LogP contribution is -2.17. The molecule has 0 aliphatic heterocycles. The number of hydrogen-bond donors (Lipinski definition) is 1. The quantitative estimate of drug-likeness (QED) is 0.555. The van der Waals surface area contributed by atoms with Gasteiger partial charge < -0.3 is 19.3 Å². The highest BCUT2D eigenvalue weighted by Crippen LogP contribution is 2.31. The van der Waals surface area contributed by atoms with Gasteiger partial charge in [0.1, 0.15) is 23.9 Å². The van der Waals surface area contributed by atoms with Gasteiger partial charge in [-0.15, -0.1) is 0 Å². The maximum absolute atomic E-state index is 12.6. The van der Waals surface area contributed by atoms with Crippen molar-refractivity contribution in [1.82, 2.24) is 5.16 Å². The van der Waals surface area contributed by atoms with E-state index in [0.29, 0.717) is 18.0 Å². The molecule has 0 spiro atoms. The van der Waals surface area contributed by atoms with Gasteiger partial charge >= 0.3 is 0 Å².